The van der Waals surface area contributed by atoms with E-state index in [1.54, 1.807) is 18.2 Å². The molecule has 5 heteroatoms. The third-order valence-corrected chi connectivity index (χ3v) is 3.39. The van der Waals surface area contributed by atoms with Crippen molar-refractivity contribution in [2.24, 2.45) is 0 Å². The minimum atomic E-state index is -0.229. The van der Waals surface area contributed by atoms with Crippen LogP contribution in [0.15, 0.2) is 48.5 Å². The topological polar surface area (TPSA) is 58.6 Å². The van der Waals surface area contributed by atoms with Crippen molar-refractivity contribution in [1.29, 1.82) is 0 Å². The molecular formula is C16H14INO3. The second-order valence-corrected chi connectivity index (χ2v) is 5.51. The molecule has 0 saturated heterocycles. The Kier molecular flexibility index (Phi) is 5.21. The summed E-state index contributed by atoms with van der Waals surface area (Å²) in [4.78, 5) is 11.8. The van der Waals surface area contributed by atoms with Gasteiger partial charge in [-0.25, -0.2) is 0 Å². The Morgan fingerprint density at radius 2 is 2.10 bits per heavy atom. The van der Waals surface area contributed by atoms with Gasteiger partial charge in [-0.15, -0.1) is 0 Å². The van der Waals surface area contributed by atoms with E-state index in [1.807, 2.05) is 24.3 Å². The normalized spacial score (nSPS) is 10.6. The average molecular weight is 395 g/mol. The number of rotatable bonds is 4. The number of nitrogens with one attached hydrogen (secondary N) is 1. The van der Waals surface area contributed by atoms with Crippen LogP contribution in [0.3, 0.4) is 0 Å². The number of carbonyl (C=O) groups is 1. The lowest BCUT2D eigenvalue weighted by Gasteiger charge is -2.04. The summed E-state index contributed by atoms with van der Waals surface area (Å²) in [5.41, 5.74) is 1.46. The summed E-state index contributed by atoms with van der Waals surface area (Å²) < 4.78 is 6.01. The van der Waals surface area contributed by atoms with Crippen LogP contribution >= 0.6 is 22.6 Å². The summed E-state index contributed by atoms with van der Waals surface area (Å²) in [7, 11) is 1.49. The van der Waals surface area contributed by atoms with Crippen LogP contribution in [-0.2, 0) is 4.79 Å². The number of phenols is 1. The SMILES string of the molecule is COc1ccc(/C=C/C(=O)Nc2cccc(I)c2)cc1O. The standard InChI is InChI=1S/C16H14INO3/c1-21-15-7-5-11(9-14(15)19)6-8-16(20)18-13-4-2-3-12(17)10-13/h2-10,19H,1H3,(H,18,20)/b8-6+. The Hall–Kier alpha value is -2.02. The quantitative estimate of drug-likeness (QED) is 0.614. The van der Waals surface area contributed by atoms with Crippen molar-refractivity contribution in [3.8, 4) is 11.5 Å². The first-order valence-corrected chi connectivity index (χ1v) is 7.28. The van der Waals surface area contributed by atoms with Crippen molar-refractivity contribution in [3.63, 3.8) is 0 Å². The molecule has 0 saturated carbocycles. The van der Waals surface area contributed by atoms with Gasteiger partial charge in [0.15, 0.2) is 11.5 Å². The maximum Gasteiger partial charge on any atom is 0.248 e. The average Bonchev–Trinajstić information content (AvgIpc) is 2.45. The number of amides is 1. The molecule has 0 spiro atoms. The molecule has 0 bridgehead atoms. The number of anilines is 1. The van der Waals surface area contributed by atoms with Crippen LogP contribution in [0.5, 0.6) is 11.5 Å². The lowest BCUT2D eigenvalue weighted by Crippen LogP contribution is -2.07. The van der Waals surface area contributed by atoms with Gasteiger partial charge in [0.25, 0.3) is 0 Å². The first-order chi connectivity index (χ1) is 10.1. The van der Waals surface area contributed by atoms with Gasteiger partial charge in [-0.2, -0.15) is 0 Å². The Morgan fingerprint density at radius 1 is 1.29 bits per heavy atom. The van der Waals surface area contributed by atoms with Gasteiger partial charge in [-0.1, -0.05) is 12.1 Å². The summed E-state index contributed by atoms with van der Waals surface area (Å²) in [6, 6.07) is 12.5. The molecule has 0 aliphatic rings. The van der Waals surface area contributed by atoms with E-state index in [1.165, 1.54) is 19.3 Å². The second-order valence-electron chi connectivity index (χ2n) is 4.26. The minimum Gasteiger partial charge on any atom is -0.504 e. The first kappa shape index (κ1) is 15.4. The molecule has 2 rings (SSSR count). The number of ether oxygens (including phenoxy) is 1. The molecule has 0 atom stereocenters. The lowest BCUT2D eigenvalue weighted by atomic mass is 10.2. The van der Waals surface area contributed by atoms with Crippen LogP contribution in [0.4, 0.5) is 5.69 Å². The maximum absolute atomic E-state index is 11.8. The highest BCUT2D eigenvalue weighted by atomic mass is 127. The highest BCUT2D eigenvalue weighted by Crippen LogP contribution is 2.26. The van der Waals surface area contributed by atoms with Crippen LogP contribution < -0.4 is 10.1 Å². The first-order valence-electron chi connectivity index (χ1n) is 6.20. The number of carbonyl (C=O) groups excluding carboxylic acids is 1. The monoisotopic (exact) mass is 395 g/mol. The van der Waals surface area contributed by atoms with Gasteiger partial charge in [-0.3, -0.25) is 4.79 Å². The van der Waals surface area contributed by atoms with Crippen molar-refractivity contribution in [3.05, 3.63) is 57.7 Å². The number of halogens is 1. The summed E-state index contributed by atoms with van der Waals surface area (Å²) in [5, 5.41) is 12.4. The van der Waals surface area contributed by atoms with E-state index in [-0.39, 0.29) is 11.7 Å². The zero-order valence-corrected chi connectivity index (χ0v) is 13.5. The predicted molar refractivity (Wildman–Crippen MR) is 91.5 cm³/mol. The van der Waals surface area contributed by atoms with E-state index in [2.05, 4.69) is 27.9 Å². The molecule has 0 radical (unpaired) electrons. The number of benzene rings is 2. The number of aromatic hydroxyl groups is 1. The van der Waals surface area contributed by atoms with Crippen LogP contribution in [-0.4, -0.2) is 18.1 Å². The Labute approximate surface area is 136 Å². The molecule has 2 N–H and O–H groups in total. The third-order valence-electron chi connectivity index (χ3n) is 2.72. The highest BCUT2D eigenvalue weighted by molar-refractivity contribution is 14.1. The lowest BCUT2D eigenvalue weighted by molar-refractivity contribution is -0.111. The van der Waals surface area contributed by atoms with E-state index in [0.29, 0.717) is 11.3 Å². The van der Waals surface area contributed by atoms with Crippen molar-refractivity contribution in [2.75, 3.05) is 12.4 Å². The van der Waals surface area contributed by atoms with Gasteiger partial charge in [0.2, 0.25) is 5.91 Å². The van der Waals surface area contributed by atoms with E-state index < -0.39 is 0 Å². The number of methoxy groups -OCH3 is 1. The predicted octanol–water partition coefficient (Wildman–Crippen LogP) is 3.66. The molecule has 0 aliphatic carbocycles. The number of phenolic OH excluding ortho intramolecular Hbond substituents is 1. The summed E-state index contributed by atoms with van der Waals surface area (Å²) in [6.45, 7) is 0. The summed E-state index contributed by atoms with van der Waals surface area (Å²) in [6.07, 6.45) is 3.05. The van der Waals surface area contributed by atoms with Crippen molar-refractivity contribution >= 4 is 40.3 Å². The van der Waals surface area contributed by atoms with Gasteiger partial charge >= 0.3 is 0 Å². The largest absolute Gasteiger partial charge is 0.504 e. The van der Waals surface area contributed by atoms with Gasteiger partial charge < -0.3 is 15.2 Å². The molecule has 2 aromatic rings. The van der Waals surface area contributed by atoms with E-state index in [0.717, 1.165) is 9.26 Å². The highest BCUT2D eigenvalue weighted by Gasteiger charge is 2.02. The summed E-state index contributed by atoms with van der Waals surface area (Å²) in [5.74, 6) is 0.209. The molecule has 4 nitrogen and oxygen atoms in total. The second kappa shape index (κ2) is 7.12. The fraction of sp³-hybridized carbons (Fsp3) is 0.0625. The number of hydrogen-bond donors (Lipinski definition) is 2. The van der Waals surface area contributed by atoms with Gasteiger partial charge in [-0.05, 0) is 64.6 Å². The Balaban J connectivity index is 2.03. The molecule has 21 heavy (non-hydrogen) atoms. The third kappa shape index (κ3) is 4.49. The van der Waals surface area contributed by atoms with Crippen molar-refractivity contribution < 1.29 is 14.6 Å². The molecular weight excluding hydrogens is 381 g/mol. The minimum absolute atomic E-state index is 0.0395. The molecule has 1 amide bonds. The van der Waals surface area contributed by atoms with Crippen LogP contribution in [0.1, 0.15) is 5.56 Å². The summed E-state index contributed by atoms with van der Waals surface area (Å²) >= 11 is 2.18. The smallest absolute Gasteiger partial charge is 0.248 e. The van der Waals surface area contributed by atoms with E-state index >= 15 is 0 Å². The molecule has 0 aliphatic heterocycles. The van der Waals surface area contributed by atoms with E-state index in [9.17, 15) is 9.90 Å². The molecule has 108 valence electrons. The number of hydrogen-bond acceptors (Lipinski definition) is 3. The molecule has 0 fully saturated rings. The van der Waals surface area contributed by atoms with Crippen molar-refractivity contribution in [1.82, 2.24) is 0 Å². The van der Waals surface area contributed by atoms with Gasteiger partial charge in [0.1, 0.15) is 0 Å². The Morgan fingerprint density at radius 3 is 2.76 bits per heavy atom. The van der Waals surface area contributed by atoms with Gasteiger partial charge in [0, 0.05) is 15.3 Å². The fourth-order valence-electron chi connectivity index (χ4n) is 1.73. The van der Waals surface area contributed by atoms with Crippen LogP contribution in [0.25, 0.3) is 6.08 Å². The van der Waals surface area contributed by atoms with Crippen molar-refractivity contribution in [2.45, 2.75) is 0 Å². The molecule has 0 aromatic heterocycles. The molecule has 2 aromatic carbocycles. The van der Waals surface area contributed by atoms with Crippen LogP contribution in [0, 0.1) is 3.57 Å². The Bertz CT molecular complexity index is 683. The van der Waals surface area contributed by atoms with Crippen LogP contribution in [0.2, 0.25) is 0 Å². The van der Waals surface area contributed by atoms with E-state index in [4.69, 9.17) is 4.74 Å². The van der Waals surface area contributed by atoms with Gasteiger partial charge in [0.05, 0.1) is 7.11 Å². The maximum atomic E-state index is 11.8. The molecule has 0 unspecified atom stereocenters. The zero-order chi connectivity index (χ0) is 15.2. The fourth-order valence-corrected chi connectivity index (χ4v) is 2.28. The zero-order valence-electron chi connectivity index (χ0n) is 11.3. The molecule has 0 heterocycles.